The average molecular weight is 286 g/mol. The Kier molecular flexibility index (Phi) is 3.99. The van der Waals surface area contributed by atoms with Crippen LogP contribution in [0.1, 0.15) is 31.2 Å². The van der Waals surface area contributed by atoms with E-state index < -0.39 is 0 Å². The zero-order chi connectivity index (χ0) is 14.7. The van der Waals surface area contributed by atoms with Crippen molar-refractivity contribution in [3.63, 3.8) is 0 Å². The van der Waals surface area contributed by atoms with Crippen LogP contribution in [0.5, 0.6) is 0 Å². The van der Waals surface area contributed by atoms with Crippen LogP contribution in [0.3, 0.4) is 0 Å². The standard InChI is InChI=1S/C16H22N4O/c17-16(18)21-11-13-6-1-2-7-14(13)20-9-8-19-15(20)10-12-4-3-5-12/h1-2,6-9,12,15,19H,3-5,10-11H2,(H3,17,18). The molecule has 1 aliphatic heterocycles. The fourth-order valence-electron chi connectivity index (χ4n) is 2.93. The summed E-state index contributed by atoms with van der Waals surface area (Å²) in [6.07, 6.45) is 9.63. The second kappa shape index (κ2) is 6.08. The molecule has 5 nitrogen and oxygen atoms in total. The van der Waals surface area contributed by atoms with Crippen molar-refractivity contribution in [3.05, 3.63) is 42.2 Å². The Morgan fingerprint density at radius 1 is 1.38 bits per heavy atom. The van der Waals surface area contributed by atoms with Gasteiger partial charge in [0, 0.05) is 23.7 Å². The Morgan fingerprint density at radius 2 is 2.19 bits per heavy atom. The van der Waals surface area contributed by atoms with Gasteiger partial charge in [0.2, 0.25) is 0 Å². The molecule has 21 heavy (non-hydrogen) atoms. The van der Waals surface area contributed by atoms with E-state index in [0.29, 0.717) is 12.8 Å². The Morgan fingerprint density at radius 3 is 2.90 bits per heavy atom. The maximum absolute atomic E-state index is 7.20. The van der Waals surface area contributed by atoms with Crippen LogP contribution in [-0.2, 0) is 11.3 Å². The van der Waals surface area contributed by atoms with Crippen molar-refractivity contribution < 1.29 is 4.74 Å². The first kappa shape index (κ1) is 13.8. The van der Waals surface area contributed by atoms with Crippen molar-refractivity contribution in [2.75, 3.05) is 4.90 Å². The lowest BCUT2D eigenvalue weighted by Crippen LogP contribution is -2.38. The number of nitrogens with zero attached hydrogens (tertiary/aromatic N) is 1. The van der Waals surface area contributed by atoms with E-state index in [9.17, 15) is 0 Å². The number of hydrogen-bond donors (Lipinski definition) is 3. The fraction of sp³-hybridized carbons (Fsp3) is 0.438. The van der Waals surface area contributed by atoms with Gasteiger partial charge in [0.15, 0.2) is 0 Å². The molecule has 4 N–H and O–H groups in total. The smallest absolute Gasteiger partial charge is 0.279 e. The van der Waals surface area contributed by atoms with E-state index in [1.807, 2.05) is 24.4 Å². The third-order valence-corrected chi connectivity index (χ3v) is 4.29. The number of hydrogen-bond acceptors (Lipinski definition) is 4. The lowest BCUT2D eigenvalue weighted by molar-refractivity contribution is 0.269. The second-order valence-electron chi connectivity index (χ2n) is 5.72. The molecule has 2 aliphatic rings. The van der Waals surface area contributed by atoms with E-state index >= 15 is 0 Å². The van der Waals surface area contributed by atoms with Crippen LogP contribution in [0, 0.1) is 11.3 Å². The topological polar surface area (TPSA) is 74.4 Å². The molecule has 1 saturated carbocycles. The van der Waals surface area contributed by atoms with Crippen LogP contribution in [-0.4, -0.2) is 12.2 Å². The van der Waals surface area contributed by atoms with Crippen molar-refractivity contribution >= 4 is 11.7 Å². The Bertz CT molecular complexity index is 539. The Hall–Kier alpha value is -2.17. The minimum Gasteiger partial charge on any atom is -0.461 e. The molecule has 1 aromatic rings. The predicted molar refractivity (Wildman–Crippen MR) is 83.6 cm³/mol. The number of para-hydroxylation sites is 1. The summed E-state index contributed by atoms with van der Waals surface area (Å²) < 4.78 is 5.17. The highest BCUT2D eigenvalue weighted by molar-refractivity contribution is 5.68. The predicted octanol–water partition coefficient (Wildman–Crippen LogP) is 2.49. The van der Waals surface area contributed by atoms with Crippen molar-refractivity contribution in [2.45, 2.75) is 38.5 Å². The molecule has 1 aliphatic carbocycles. The van der Waals surface area contributed by atoms with Gasteiger partial charge in [-0.25, -0.2) is 0 Å². The lowest BCUT2D eigenvalue weighted by atomic mass is 9.82. The highest BCUT2D eigenvalue weighted by Crippen LogP contribution is 2.34. The molecule has 1 atom stereocenters. The normalized spacial score (nSPS) is 21.0. The van der Waals surface area contributed by atoms with Crippen molar-refractivity contribution in [3.8, 4) is 0 Å². The molecule has 1 aromatic carbocycles. The number of amidine groups is 1. The van der Waals surface area contributed by atoms with Gasteiger partial charge in [-0.05, 0) is 18.4 Å². The van der Waals surface area contributed by atoms with E-state index in [1.165, 1.54) is 19.3 Å². The van der Waals surface area contributed by atoms with E-state index in [4.69, 9.17) is 15.9 Å². The first-order valence-electron chi connectivity index (χ1n) is 7.50. The number of benzene rings is 1. The Labute approximate surface area is 125 Å². The molecule has 0 spiro atoms. The van der Waals surface area contributed by atoms with Crippen LogP contribution in [0.15, 0.2) is 36.7 Å². The van der Waals surface area contributed by atoms with E-state index in [2.05, 4.69) is 22.5 Å². The molecule has 1 unspecified atom stereocenters. The van der Waals surface area contributed by atoms with Crippen LogP contribution >= 0.6 is 0 Å². The van der Waals surface area contributed by atoms with Crippen LogP contribution < -0.4 is 16.0 Å². The van der Waals surface area contributed by atoms with Gasteiger partial charge in [0.25, 0.3) is 6.02 Å². The SMILES string of the molecule is N=C(N)OCc1ccccc1N1C=CNC1CC1CCC1. The molecular formula is C16H22N4O. The summed E-state index contributed by atoms with van der Waals surface area (Å²) in [6.45, 7) is 0.325. The van der Waals surface area contributed by atoms with Crippen LogP contribution in [0.2, 0.25) is 0 Å². The van der Waals surface area contributed by atoms with Crippen molar-refractivity contribution in [1.29, 1.82) is 5.41 Å². The zero-order valence-electron chi connectivity index (χ0n) is 12.1. The maximum Gasteiger partial charge on any atom is 0.279 e. The molecular weight excluding hydrogens is 264 g/mol. The summed E-state index contributed by atoms with van der Waals surface area (Å²) in [4.78, 5) is 2.26. The summed E-state index contributed by atoms with van der Waals surface area (Å²) in [5.74, 6) is 0.838. The third kappa shape index (κ3) is 3.12. The minimum absolute atomic E-state index is 0.245. The van der Waals surface area contributed by atoms with Gasteiger partial charge in [-0.15, -0.1) is 0 Å². The van der Waals surface area contributed by atoms with Crippen molar-refractivity contribution in [1.82, 2.24) is 5.32 Å². The summed E-state index contributed by atoms with van der Waals surface area (Å²) in [5.41, 5.74) is 7.44. The molecule has 1 heterocycles. The number of nitrogens with one attached hydrogen (secondary N) is 2. The number of ether oxygens (including phenoxy) is 1. The quantitative estimate of drug-likeness (QED) is 0.574. The first-order valence-corrected chi connectivity index (χ1v) is 7.50. The zero-order valence-corrected chi connectivity index (χ0v) is 12.1. The monoisotopic (exact) mass is 286 g/mol. The molecule has 0 bridgehead atoms. The molecule has 0 saturated heterocycles. The van der Waals surface area contributed by atoms with E-state index in [-0.39, 0.29) is 6.02 Å². The molecule has 1 fully saturated rings. The minimum atomic E-state index is -0.245. The summed E-state index contributed by atoms with van der Waals surface area (Å²) in [5, 5.41) is 10.6. The average Bonchev–Trinajstić information content (AvgIpc) is 2.89. The maximum atomic E-state index is 7.20. The number of rotatable bonds is 5. The third-order valence-electron chi connectivity index (χ3n) is 4.29. The first-order chi connectivity index (χ1) is 10.2. The highest BCUT2D eigenvalue weighted by atomic mass is 16.5. The van der Waals surface area contributed by atoms with Gasteiger partial charge in [-0.1, -0.05) is 37.5 Å². The number of nitrogens with two attached hydrogens (primary N) is 1. The fourth-order valence-corrected chi connectivity index (χ4v) is 2.93. The van der Waals surface area contributed by atoms with Gasteiger partial charge in [-0.3, -0.25) is 5.41 Å². The van der Waals surface area contributed by atoms with Crippen LogP contribution in [0.4, 0.5) is 5.69 Å². The number of anilines is 1. The summed E-state index contributed by atoms with van der Waals surface area (Å²) >= 11 is 0. The highest BCUT2D eigenvalue weighted by Gasteiger charge is 2.28. The van der Waals surface area contributed by atoms with Gasteiger partial charge in [0.05, 0.1) is 0 Å². The molecule has 112 valence electrons. The molecule has 0 aromatic heterocycles. The van der Waals surface area contributed by atoms with Crippen molar-refractivity contribution in [2.24, 2.45) is 11.7 Å². The molecule has 0 radical (unpaired) electrons. The van der Waals surface area contributed by atoms with Gasteiger partial charge in [-0.2, -0.15) is 0 Å². The second-order valence-corrected chi connectivity index (χ2v) is 5.72. The van der Waals surface area contributed by atoms with Gasteiger partial charge >= 0.3 is 0 Å². The van der Waals surface area contributed by atoms with Gasteiger partial charge in [0.1, 0.15) is 12.8 Å². The van der Waals surface area contributed by atoms with E-state index in [0.717, 1.165) is 23.6 Å². The van der Waals surface area contributed by atoms with Crippen LogP contribution in [0.25, 0.3) is 0 Å². The Balaban J connectivity index is 1.74. The molecule has 3 rings (SSSR count). The summed E-state index contributed by atoms with van der Waals surface area (Å²) in [7, 11) is 0. The molecule has 5 heteroatoms. The lowest BCUT2D eigenvalue weighted by Gasteiger charge is -2.33. The van der Waals surface area contributed by atoms with Gasteiger partial charge < -0.3 is 20.7 Å². The van der Waals surface area contributed by atoms with E-state index in [1.54, 1.807) is 0 Å². The summed E-state index contributed by atoms with van der Waals surface area (Å²) in [6, 6.07) is 7.87. The molecule has 0 amide bonds. The largest absolute Gasteiger partial charge is 0.461 e.